The van der Waals surface area contributed by atoms with E-state index in [0.717, 1.165) is 9.87 Å². The highest BCUT2D eigenvalue weighted by atomic mass is 32.2. The Balaban J connectivity index is 1.57. The van der Waals surface area contributed by atoms with Gasteiger partial charge in [-0.15, -0.1) is 0 Å². The molecular weight excluding hydrogens is 479 g/mol. The van der Waals surface area contributed by atoms with Gasteiger partial charge in [0.1, 0.15) is 11.6 Å². The lowest BCUT2D eigenvalue weighted by Crippen LogP contribution is -2.37. The summed E-state index contributed by atoms with van der Waals surface area (Å²) in [7, 11) is -4.02. The van der Waals surface area contributed by atoms with E-state index >= 15 is 0 Å². The summed E-state index contributed by atoms with van der Waals surface area (Å²) in [6, 6.07) is 27.9. The van der Waals surface area contributed by atoms with Gasteiger partial charge in [0.05, 0.1) is 17.1 Å². The van der Waals surface area contributed by atoms with E-state index in [4.69, 9.17) is 4.74 Å². The van der Waals surface area contributed by atoms with Gasteiger partial charge in [-0.1, -0.05) is 60.2 Å². The van der Waals surface area contributed by atoms with Crippen LogP contribution in [0.3, 0.4) is 0 Å². The molecule has 0 aliphatic heterocycles. The average molecular weight is 505 g/mol. The first-order chi connectivity index (χ1) is 17.3. The third kappa shape index (κ3) is 6.35. The Hall–Kier alpha value is -4.01. The zero-order valence-electron chi connectivity index (χ0n) is 19.6. The molecule has 4 rings (SSSR count). The molecule has 0 saturated heterocycles. The summed E-state index contributed by atoms with van der Waals surface area (Å²) in [5, 5.41) is 2.76. The van der Waals surface area contributed by atoms with Gasteiger partial charge in [0.15, 0.2) is 5.75 Å². The Morgan fingerprint density at radius 1 is 0.861 bits per heavy atom. The molecule has 0 spiro atoms. The van der Waals surface area contributed by atoms with Crippen LogP contribution in [-0.2, 0) is 21.4 Å². The van der Waals surface area contributed by atoms with Gasteiger partial charge in [-0.2, -0.15) is 4.31 Å². The fourth-order valence-electron chi connectivity index (χ4n) is 3.50. The number of nitrogens with one attached hydrogen (secondary N) is 1. The summed E-state index contributed by atoms with van der Waals surface area (Å²) < 4.78 is 47.3. The van der Waals surface area contributed by atoms with Gasteiger partial charge in [0.2, 0.25) is 15.9 Å². The Morgan fingerprint density at radius 2 is 1.50 bits per heavy atom. The van der Waals surface area contributed by atoms with E-state index in [2.05, 4.69) is 5.32 Å². The second-order valence-corrected chi connectivity index (χ2v) is 10.1. The van der Waals surface area contributed by atoms with Crippen LogP contribution in [0.15, 0.2) is 108 Å². The SMILES string of the molecule is Cc1ccc(S(=O)(=O)N(CC(=O)Nc2ccccc2Oc2ccccc2)Cc2ccc(F)cc2)cc1. The van der Waals surface area contributed by atoms with Crippen LogP contribution in [-0.4, -0.2) is 25.2 Å². The molecule has 0 bridgehead atoms. The van der Waals surface area contributed by atoms with Gasteiger partial charge in [0, 0.05) is 6.54 Å². The zero-order chi connectivity index (χ0) is 25.5. The van der Waals surface area contributed by atoms with Gasteiger partial charge in [-0.25, -0.2) is 12.8 Å². The summed E-state index contributed by atoms with van der Waals surface area (Å²) in [4.78, 5) is 13.1. The van der Waals surface area contributed by atoms with Crippen molar-refractivity contribution in [3.05, 3.63) is 120 Å². The fourth-order valence-corrected chi connectivity index (χ4v) is 4.89. The number of para-hydroxylation sites is 3. The van der Waals surface area contributed by atoms with E-state index in [0.29, 0.717) is 22.7 Å². The second kappa shape index (κ2) is 11.2. The second-order valence-electron chi connectivity index (χ2n) is 8.17. The van der Waals surface area contributed by atoms with E-state index in [1.807, 2.05) is 25.1 Å². The lowest BCUT2D eigenvalue weighted by molar-refractivity contribution is -0.116. The van der Waals surface area contributed by atoms with Gasteiger partial charge >= 0.3 is 0 Å². The minimum Gasteiger partial charge on any atom is -0.455 e. The number of hydrogen-bond acceptors (Lipinski definition) is 4. The predicted molar refractivity (Wildman–Crippen MR) is 137 cm³/mol. The largest absolute Gasteiger partial charge is 0.455 e. The summed E-state index contributed by atoms with van der Waals surface area (Å²) in [5.74, 6) is 0.0407. The molecule has 1 N–H and O–H groups in total. The number of ether oxygens (including phenoxy) is 1. The van der Waals surface area contributed by atoms with Gasteiger partial charge < -0.3 is 10.1 Å². The van der Waals surface area contributed by atoms with E-state index in [-0.39, 0.29) is 11.4 Å². The molecule has 1 amide bonds. The molecule has 0 saturated carbocycles. The minimum atomic E-state index is -4.02. The van der Waals surface area contributed by atoms with E-state index in [1.54, 1.807) is 48.5 Å². The summed E-state index contributed by atoms with van der Waals surface area (Å²) in [6.45, 7) is 1.30. The Bertz CT molecular complexity index is 1420. The fraction of sp³-hybridized carbons (Fsp3) is 0.107. The first-order valence-electron chi connectivity index (χ1n) is 11.2. The number of carbonyl (C=O) groups excluding carboxylic acids is 1. The van der Waals surface area contributed by atoms with Crippen LogP contribution in [0.2, 0.25) is 0 Å². The molecule has 6 nitrogen and oxygen atoms in total. The topological polar surface area (TPSA) is 75.7 Å². The number of benzene rings is 4. The van der Waals surface area contributed by atoms with Crippen molar-refractivity contribution in [2.45, 2.75) is 18.4 Å². The maximum atomic E-state index is 13.5. The molecule has 0 aliphatic carbocycles. The van der Waals surface area contributed by atoms with Crippen LogP contribution in [0.1, 0.15) is 11.1 Å². The number of hydrogen-bond donors (Lipinski definition) is 1. The van der Waals surface area contributed by atoms with Gasteiger partial charge in [-0.3, -0.25) is 4.79 Å². The normalized spacial score (nSPS) is 11.3. The molecule has 36 heavy (non-hydrogen) atoms. The van der Waals surface area contributed by atoms with Gasteiger partial charge in [-0.05, 0) is 61.0 Å². The maximum absolute atomic E-state index is 13.5. The summed E-state index contributed by atoms with van der Waals surface area (Å²) >= 11 is 0. The van der Waals surface area contributed by atoms with Crippen LogP contribution < -0.4 is 10.1 Å². The molecule has 4 aromatic carbocycles. The molecule has 0 atom stereocenters. The number of amides is 1. The van der Waals surface area contributed by atoms with Crippen molar-refractivity contribution in [3.63, 3.8) is 0 Å². The van der Waals surface area contributed by atoms with Crippen molar-refractivity contribution in [1.29, 1.82) is 0 Å². The molecule has 0 heterocycles. The Labute approximate surface area is 210 Å². The molecule has 0 radical (unpaired) electrons. The molecule has 4 aromatic rings. The number of halogens is 1. The molecule has 0 aliphatic rings. The lowest BCUT2D eigenvalue weighted by Gasteiger charge is -2.22. The van der Waals surface area contributed by atoms with E-state index < -0.39 is 28.3 Å². The van der Waals surface area contributed by atoms with E-state index in [9.17, 15) is 17.6 Å². The van der Waals surface area contributed by atoms with Crippen LogP contribution in [0.4, 0.5) is 10.1 Å². The number of anilines is 1. The quantitative estimate of drug-likeness (QED) is 0.315. The van der Waals surface area contributed by atoms with Crippen LogP contribution in [0.25, 0.3) is 0 Å². The van der Waals surface area contributed by atoms with Crippen molar-refractivity contribution < 1.29 is 22.3 Å². The van der Waals surface area contributed by atoms with Gasteiger partial charge in [0.25, 0.3) is 0 Å². The maximum Gasteiger partial charge on any atom is 0.243 e. The van der Waals surface area contributed by atoms with Crippen molar-refractivity contribution >= 4 is 21.6 Å². The van der Waals surface area contributed by atoms with E-state index in [1.165, 1.54) is 36.4 Å². The Kier molecular flexibility index (Phi) is 7.77. The minimum absolute atomic E-state index is 0.0656. The highest BCUT2D eigenvalue weighted by Gasteiger charge is 2.27. The molecule has 0 unspecified atom stereocenters. The third-order valence-electron chi connectivity index (χ3n) is 5.38. The molecule has 184 valence electrons. The highest BCUT2D eigenvalue weighted by Crippen LogP contribution is 2.29. The average Bonchev–Trinajstić information content (AvgIpc) is 2.87. The predicted octanol–water partition coefficient (Wildman–Crippen LogP) is 5.76. The third-order valence-corrected chi connectivity index (χ3v) is 7.19. The number of sulfonamides is 1. The van der Waals surface area contributed by atoms with Crippen LogP contribution in [0, 0.1) is 12.7 Å². The molecule has 0 aromatic heterocycles. The number of nitrogens with zero attached hydrogens (tertiary/aromatic N) is 1. The van der Waals surface area contributed by atoms with Crippen molar-refractivity contribution in [3.8, 4) is 11.5 Å². The first kappa shape index (κ1) is 25.1. The first-order valence-corrected chi connectivity index (χ1v) is 12.7. The monoisotopic (exact) mass is 504 g/mol. The van der Waals surface area contributed by atoms with Crippen molar-refractivity contribution in [2.24, 2.45) is 0 Å². The number of aryl methyl sites for hydroxylation is 1. The van der Waals surface area contributed by atoms with Crippen molar-refractivity contribution in [2.75, 3.05) is 11.9 Å². The molecular formula is C28H25FN2O4S. The molecule has 8 heteroatoms. The smallest absolute Gasteiger partial charge is 0.243 e. The Morgan fingerprint density at radius 3 is 2.19 bits per heavy atom. The van der Waals surface area contributed by atoms with Crippen LogP contribution >= 0.6 is 0 Å². The summed E-state index contributed by atoms with van der Waals surface area (Å²) in [5.41, 5.74) is 1.86. The highest BCUT2D eigenvalue weighted by molar-refractivity contribution is 7.89. The number of carbonyl (C=O) groups is 1. The zero-order valence-corrected chi connectivity index (χ0v) is 20.4. The van der Waals surface area contributed by atoms with Crippen molar-refractivity contribution in [1.82, 2.24) is 4.31 Å². The van der Waals surface area contributed by atoms with Crippen LogP contribution in [0.5, 0.6) is 11.5 Å². The summed E-state index contributed by atoms with van der Waals surface area (Å²) in [6.07, 6.45) is 0. The number of rotatable bonds is 9. The lowest BCUT2D eigenvalue weighted by atomic mass is 10.2. The molecule has 0 fully saturated rings. The standard InChI is InChI=1S/C28H25FN2O4S/c1-21-11-17-25(18-12-21)36(33,34)31(19-22-13-15-23(29)16-14-22)20-28(32)30-26-9-5-6-10-27(26)35-24-7-3-2-4-8-24/h2-18H,19-20H2,1H3,(H,30,32).